The highest BCUT2D eigenvalue weighted by molar-refractivity contribution is 6.05. The average Bonchev–Trinajstić information content (AvgIpc) is 4.07. The Morgan fingerprint density at radius 3 is 2.64 bits per heavy atom. The van der Waals surface area contributed by atoms with Crippen molar-refractivity contribution >= 4 is 46.5 Å². The first-order valence-electron chi connectivity index (χ1n) is 20.3. The number of benzene rings is 1. The van der Waals surface area contributed by atoms with Crippen LogP contribution in [-0.2, 0) is 27.3 Å². The van der Waals surface area contributed by atoms with Gasteiger partial charge in [0.25, 0.3) is 5.91 Å². The summed E-state index contributed by atoms with van der Waals surface area (Å²) >= 11 is 0. The predicted octanol–water partition coefficient (Wildman–Crippen LogP) is 3.93. The summed E-state index contributed by atoms with van der Waals surface area (Å²) in [7, 11) is 0. The molecule has 1 unspecified atom stereocenters. The molecule has 3 N–H and O–H groups in total. The molecule has 4 aliphatic rings. The summed E-state index contributed by atoms with van der Waals surface area (Å²) < 4.78 is 13.3. The Bertz CT molecular complexity index is 2400. The zero-order valence-corrected chi connectivity index (χ0v) is 32.9. The largest absolute Gasteiger partial charge is 0.380 e. The van der Waals surface area contributed by atoms with Crippen molar-refractivity contribution in [3.8, 4) is 11.5 Å². The lowest BCUT2D eigenvalue weighted by Crippen LogP contribution is -2.52. The number of aryl methyl sites for hydroxylation is 1. The monoisotopic (exact) mass is 802 g/mol. The minimum Gasteiger partial charge on any atom is -0.380 e. The molecule has 59 heavy (non-hydrogen) atoms. The van der Waals surface area contributed by atoms with Crippen LogP contribution in [0.25, 0.3) is 17.2 Å². The molecule has 2 saturated heterocycles. The fourth-order valence-corrected chi connectivity index (χ4v) is 8.64. The molecule has 0 spiro atoms. The summed E-state index contributed by atoms with van der Waals surface area (Å²) in [5.41, 5.74) is 6.83. The number of piperazine rings is 1. The van der Waals surface area contributed by atoms with E-state index >= 15 is 0 Å². The Kier molecular flexibility index (Phi) is 10.7. The van der Waals surface area contributed by atoms with Gasteiger partial charge in [0.15, 0.2) is 5.65 Å². The molecule has 4 aromatic heterocycles. The second-order valence-corrected chi connectivity index (χ2v) is 15.6. The fourth-order valence-electron chi connectivity index (χ4n) is 8.64. The molecule has 1 saturated carbocycles. The van der Waals surface area contributed by atoms with E-state index in [1.165, 1.54) is 0 Å². The van der Waals surface area contributed by atoms with Crippen molar-refractivity contribution < 1.29 is 28.4 Å². The van der Waals surface area contributed by atoms with Crippen LogP contribution in [0.1, 0.15) is 77.5 Å². The van der Waals surface area contributed by atoms with Crippen LogP contribution in [0, 0.1) is 6.92 Å². The Labute approximate surface area is 339 Å². The van der Waals surface area contributed by atoms with Gasteiger partial charge in [-0.3, -0.25) is 29.6 Å². The molecule has 0 bridgehead atoms. The van der Waals surface area contributed by atoms with Gasteiger partial charge < -0.3 is 29.7 Å². The van der Waals surface area contributed by atoms with Crippen molar-refractivity contribution in [2.45, 2.75) is 70.4 Å². The standard InChI is InChI=1S/C41H46N12O6/c1-25-20-28(45-41(57)46-31-23-42-33-10-12-44-53(33)37(31)26-4-2-3-5-26)22-43-36(25)38-48-35(59-49-38)11-18-58-19-17-50-13-15-51(16-14-50)29-6-7-30-27(21-29)24-52(40(30)56)32-8-9-34(54)47-39(32)55/h6-7,10,12,20-23,26,32H,2-5,8-9,11,13-19,24H2,1H3,(H2,45,46,57)(H,47,54,55). The molecule has 5 aromatic rings. The normalized spacial score (nSPS) is 18.8. The molecule has 18 nitrogen and oxygen atoms in total. The third-order valence-corrected chi connectivity index (χ3v) is 11.7. The molecule has 1 aliphatic carbocycles. The van der Waals surface area contributed by atoms with Gasteiger partial charge in [-0.2, -0.15) is 10.1 Å². The van der Waals surface area contributed by atoms with E-state index in [1.807, 2.05) is 35.7 Å². The number of nitrogens with zero attached hydrogens (tertiary/aromatic N) is 9. The number of aromatic nitrogens is 6. The smallest absolute Gasteiger partial charge is 0.323 e. The van der Waals surface area contributed by atoms with Crippen LogP contribution >= 0.6 is 0 Å². The molecular formula is C41H46N12O6. The number of anilines is 3. The number of ether oxygens (including phenoxy) is 1. The lowest BCUT2D eigenvalue weighted by atomic mass is 10.0. The van der Waals surface area contributed by atoms with Crippen LogP contribution in [0.4, 0.5) is 21.9 Å². The molecule has 9 rings (SSSR count). The van der Waals surface area contributed by atoms with Crippen molar-refractivity contribution in [3.05, 3.63) is 77.2 Å². The van der Waals surface area contributed by atoms with Gasteiger partial charge in [-0.1, -0.05) is 18.0 Å². The van der Waals surface area contributed by atoms with Gasteiger partial charge in [0, 0.05) is 68.9 Å². The summed E-state index contributed by atoms with van der Waals surface area (Å²) in [5, 5.41) is 16.8. The zero-order valence-electron chi connectivity index (χ0n) is 32.9. The van der Waals surface area contributed by atoms with E-state index in [0.29, 0.717) is 72.9 Å². The zero-order chi connectivity index (χ0) is 40.5. The van der Waals surface area contributed by atoms with Crippen LogP contribution in [0.2, 0.25) is 0 Å². The third kappa shape index (κ3) is 8.09. The van der Waals surface area contributed by atoms with Crippen molar-refractivity contribution in [2.75, 3.05) is 61.5 Å². The number of carbonyl (C=O) groups is 4. The molecule has 3 fully saturated rings. The highest BCUT2D eigenvalue weighted by Gasteiger charge is 2.39. The number of amides is 5. The number of pyridine rings is 1. The SMILES string of the molecule is Cc1cc(NC(=O)Nc2cnc3ccnn3c2C2CCCC2)cnc1-c1noc(CCOCCN2CCN(c3ccc4c(c3)CN(C3CCC(=O)NC3=O)C4=O)CC2)n1. The van der Waals surface area contributed by atoms with E-state index in [4.69, 9.17) is 9.26 Å². The average molecular weight is 803 g/mol. The molecule has 0 radical (unpaired) electrons. The molecule has 1 aromatic carbocycles. The minimum absolute atomic E-state index is 0.160. The summed E-state index contributed by atoms with van der Waals surface area (Å²) in [6.45, 7) is 7.47. The molecule has 3 aliphatic heterocycles. The lowest BCUT2D eigenvalue weighted by molar-refractivity contribution is -0.136. The van der Waals surface area contributed by atoms with Crippen molar-refractivity contribution in [1.82, 2.24) is 44.8 Å². The minimum atomic E-state index is -0.618. The highest BCUT2D eigenvalue weighted by atomic mass is 16.5. The van der Waals surface area contributed by atoms with E-state index in [2.05, 4.69) is 57.0 Å². The molecule has 7 heterocycles. The molecule has 5 amide bonds. The van der Waals surface area contributed by atoms with Gasteiger partial charge in [0.05, 0.1) is 55.3 Å². The van der Waals surface area contributed by atoms with Crippen molar-refractivity contribution in [1.29, 1.82) is 0 Å². The number of hydrogen-bond donors (Lipinski definition) is 3. The first-order valence-corrected chi connectivity index (χ1v) is 20.3. The Hall–Kier alpha value is -6.27. The number of nitrogens with one attached hydrogen (secondary N) is 3. The topological polar surface area (TPSA) is 205 Å². The number of fused-ring (bicyclic) bond motifs is 2. The first kappa shape index (κ1) is 38.3. The fraction of sp³-hybridized carbons (Fsp3) is 0.439. The molecular weight excluding hydrogens is 757 g/mol. The Balaban J connectivity index is 0.706. The first-order chi connectivity index (χ1) is 28.8. The molecule has 18 heteroatoms. The van der Waals surface area contributed by atoms with Gasteiger partial charge in [0.1, 0.15) is 11.7 Å². The number of piperidine rings is 1. The quantitative estimate of drug-likeness (QED) is 0.121. The van der Waals surface area contributed by atoms with E-state index in [9.17, 15) is 19.2 Å². The van der Waals surface area contributed by atoms with Crippen LogP contribution in [0.15, 0.2) is 53.4 Å². The van der Waals surface area contributed by atoms with Crippen LogP contribution in [0.5, 0.6) is 0 Å². The summed E-state index contributed by atoms with van der Waals surface area (Å²) in [4.78, 5) is 70.0. The van der Waals surface area contributed by atoms with E-state index in [-0.39, 0.29) is 18.2 Å². The Morgan fingerprint density at radius 1 is 0.983 bits per heavy atom. The van der Waals surface area contributed by atoms with Gasteiger partial charge in [-0.15, -0.1) is 0 Å². The molecule has 1 atom stereocenters. The molecule has 306 valence electrons. The summed E-state index contributed by atoms with van der Waals surface area (Å²) in [5.74, 6) is 0.277. The summed E-state index contributed by atoms with van der Waals surface area (Å²) in [6.07, 6.45) is 10.4. The van der Waals surface area contributed by atoms with Crippen LogP contribution in [0.3, 0.4) is 0 Å². The Morgan fingerprint density at radius 2 is 1.83 bits per heavy atom. The van der Waals surface area contributed by atoms with E-state index in [0.717, 1.165) is 86.6 Å². The second kappa shape index (κ2) is 16.5. The maximum absolute atomic E-state index is 13.1. The van der Waals surface area contributed by atoms with E-state index in [1.54, 1.807) is 23.5 Å². The van der Waals surface area contributed by atoms with Gasteiger partial charge >= 0.3 is 6.03 Å². The van der Waals surface area contributed by atoms with Gasteiger partial charge in [0.2, 0.25) is 23.5 Å². The maximum atomic E-state index is 13.1. The predicted molar refractivity (Wildman–Crippen MR) is 215 cm³/mol. The lowest BCUT2D eigenvalue weighted by Gasteiger charge is -2.36. The van der Waals surface area contributed by atoms with Crippen LogP contribution < -0.4 is 20.9 Å². The van der Waals surface area contributed by atoms with Crippen molar-refractivity contribution in [2.24, 2.45) is 0 Å². The maximum Gasteiger partial charge on any atom is 0.323 e. The number of hydrogen-bond acceptors (Lipinski definition) is 13. The number of urea groups is 1. The third-order valence-electron chi connectivity index (χ3n) is 11.7. The highest BCUT2D eigenvalue weighted by Crippen LogP contribution is 2.38. The van der Waals surface area contributed by atoms with Crippen molar-refractivity contribution in [3.63, 3.8) is 0 Å². The van der Waals surface area contributed by atoms with Gasteiger partial charge in [-0.05, 0) is 61.6 Å². The number of carbonyl (C=O) groups excluding carboxylic acids is 4. The van der Waals surface area contributed by atoms with E-state index < -0.39 is 18.0 Å². The number of imide groups is 1. The number of rotatable bonds is 12. The van der Waals surface area contributed by atoms with Gasteiger partial charge in [-0.25, -0.2) is 14.3 Å². The second-order valence-electron chi connectivity index (χ2n) is 15.6. The van der Waals surface area contributed by atoms with Crippen LogP contribution in [-0.4, -0.2) is 115 Å². The summed E-state index contributed by atoms with van der Waals surface area (Å²) in [6, 6.07) is 8.56.